The van der Waals surface area contributed by atoms with Crippen molar-refractivity contribution in [3.63, 3.8) is 0 Å². The predicted octanol–water partition coefficient (Wildman–Crippen LogP) is 1.23. The van der Waals surface area contributed by atoms with Gasteiger partial charge in [0.05, 0.1) is 0 Å². The fourth-order valence-electron chi connectivity index (χ4n) is 0.781. The molecule has 0 saturated carbocycles. The second-order valence-corrected chi connectivity index (χ2v) is 2.49. The molecule has 0 radical (unpaired) electrons. The van der Waals surface area contributed by atoms with E-state index in [9.17, 15) is 13.2 Å². The Morgan fingerprint density at radius 2 is 2.00 bits per heavy atom. The van der Waals surface area contributed by atoms with Gasteiger partial charge in [-0.25, -0.2) is 4.98 Å². The van der Waals surface area contributed by atoms with Crippen LogP contribution in [-0.2, 0) is 13.5 Å². The average molecular weight is 179 g/mol. The molecule has 1 aromatic heterocycles. The quantitative estimate of drug-likeness (QED) is 0.649. The Labute approximate surface area is 67.2 Å². The maximum absolute atomic E-state index is 11.8. The van der Waals surface area contributed by atoms with Crippen molar-refractivity contribution in [3.05, 3.63) is 11.6 Å². The first-order chi connectivity index (χ1) is 5.38. The van der Waals surface area contributed by atoms with Gasteiger partial charge in [-0.1, -0.05) is 0 Å². The summed E-state index contributed by atoms with van der Waals surface area (Å²) in [6.07, 6.45) is -5.29. The van der Waals surface area contributed by atoms with Crippen molar-refractivity contribution >= 4 is 0 Å². The minimum Gasteiger partial charge on any atom is -0.253 e. The Morgan fingerprint density at radius 1 is 1.42 bits per heavy atom. The van der Waals surface area contributed by atoms with E-state index >= 15 is 0 Å². The zero-order valence-corrected chi connectivity index (χ0v) is 6.68. The van der Waals surface area contributed by atoms with Gasteiger partial charge < -0.3 is 0 Å². The van der Waals surface area contributed by atoms with Gasteiger partial charge in [0.15, 0.2) is 5.82 Å². The number of halogens is 3. The smallest absolute Gasteiger partial charge is 0.253 e. The molecule has 1 rings (SSSR count). The molecule has 0 atom stereocenters. The molecule has 6 heteroatoms. The zero-order chi connectivity index (χ0) is 9.35. The number of hydrogen-bond acceptors (Lipinski definition) is 2. The normalized spacial score (nSPS) is 12.1. The lowest BCUT2D eigenvalue weighted by molar-refractivity contribution is -0.128. The first-order valence-electron chi connectivity index (χ1n) is 3.32. The summed E-state index contributed by atoms with van der Waals surface area (Å²) in [6.45, 7) is 1.60. The van der Waals surface area contributed by atoms with E-state index in [1.54, 1.807) is 14.0 Å². The van der Waals surface area contributed by atoms with Crippen LogP contribution >= 0.6 is 0 Å². The van der Waals surface area contributed by atoms with E-state index in [0.29, 0.717) is 5.82 Å². The Morgan fingerprint density at radius 3 is 2.33 bits per heavy atom. The largest absolute Gasteiger partial charge is 0.396 e. The maximum atomic E-state index is 11.8. The highest BCUT2D eigenvalue weighted by molar-refractivity contribution is 4.91. The molecule has 12 heavy (non-hydrogen) atoms. The van der Waals surface area contributed by atoms with Crippen molar-refractivity contribution in [1.29, 1.82) is 0 Å². The van der Waals surface area contributed by atoms with Crippen LogP contribution in [0, 0.1) is 6.92 Å². The van der Waals surface area contributed by atoms with Gasteiger partial charge in [-0.15, -0.1) is 0 Å². The number of hydrogen-bond donors (Lipinski definition) is 0. The Kier molecular flexibility index (Phi) is 2.08. The van der Waals surface area contributed by atoms with Gasteiger partial charge in [-0.05, 0) is 6.92 Å². The molecule has 0 N–H and O–H groups in total. The molecule has 0 aliphatic heterocycles. The predicted molar refractivity (Wildman–Crippen MR) is 35.5 cm³/mol. The summed E-state index contributed by atoms with van der Waals surface area (Å²) in [5.41, 5.74) is 0. The summed E-state index contributed by atoms with van der Waals surface area (Å²) in [4.78, 5) is 3.63. The van der Waals surface area contributed by atoms with Crippen LogP contribution in [0.2, 0.25) is 0 Å². The Bertz CT molecular complexity index is 257. The average Bonchev–Trinajstić information content (AvgIpc) is 2.07. The van der Waals surface area contributed by atoms with E-state index in [2.05, 4.69) is 10.1 Å². The number of rotatable bonds is 1. The lowest BCUT2D eigenvalue weighted by Crippen LogP contribution is -2.12. The molecule has 0 aliphatic rings. The molecule has 0 fully saturated rings. The minimum absolute atomic E-state index is 0.178. The third-order valence-corrected chi connectivity index (χ3v) is 1.38. The number of aromatic nitrogens is 3. The zero-order valence-electron chi connectivity index (χ0n) is 6.68. The van der Waals surface area contributed by atoms with E-state index in [4.69, 9.17) is 0 Å². The van der Waals surface area contributed by atoms with E-state index in [1.165, 1.54) is 4.68 Å². The van der Waals surface area contributed by atoms with Crippen molar-refractivity contribution in [2.24, 2.45) is 7.05 Å². The molecule has 0 bridgehead atoms. The highest BCUT2D eigenvalue weighted by Gasteiger charge is 2.30. The first kappa shape index (κ1) is 9.02. The van der Waals surface area contributed by atoms with Crippen LogP contribution in [0.15, 0.2) is 0 Å². The topological polar surface area (TPSA) is 30.7 Å². The van der Waals surface area contributed by atoms with Crippen molar-refractivity contribution < 1.29 is 13.2 Å². The number of alkyl halides is 3. The molecule has 0 aromatic carbocycles. The van der Waals surface area contributed by atoms with Gasteiger partial charge >= 0.3 is 6.18 Å². The van der Waals surface area contributed by atoms with Crippen molar-refractivity contribution in [2.45, 2.75) is 19.5 Å². The van der Waals surface area contributed by atoms with Gasteiger partial charge in [-0.2, -0.15) is 18.3 Å². The molecule has 3 nitrogen and oxygen atoms in total. The van der Waals surface area contributed by atoms with Gasteiger partial charge in [0.1, 0.15) is 12.2 Å². The van der Waals surface area contributed by atoms with E-state index in [-0.39, 0.29) is 5.82 Å². The van der Waals surface area contributed by atoms with E-state index in [0.717, 1.165) is 0 Å². The van der Waals surface area contributed by atoms with Gasteiger partial charge in [0.25, 0.3) is 0 Å². The van der Waals surface area contributed by atoms with Crippen LogP contribution in [0.25, 0.3) is 0 Å². The molecule has 1 aromatic rings. The van der Waals surface area contributed by atoms with Gasteiger partial charge in [0, 0.05) is 7.05 Å². The lowest BCUT2D eigenvalue weighted by Gasteiger charge is -2.00. The molecule has 0 unspecified atom stereocenters. The van der Waals surface area contributed by atoms with Crippen LogP contribution in [0.3, 0.4) is 0 Å². The fraction of sp³-hybridized carbons (Fsp3) is 0.667. The number of aryl methyl sites for hydroxylation is 2. The van der Waals surface area contributed by atoms with E-state index < -0.39 is 12.6 Å². The van der Waals surface area contributed by atoms with Crippen molar-refractivity contribution in [3.8, 4) is 0 Å². The molecular formula is C6H8F3N3. The minimum atomic E-state index is -4.23. The van der Waals surface area contributed by atoms with E-state index in [1.807, 2.05) is 0 Å². The van der Waals surface area contributed by atoms with Crippen molar-refractivity contribution in [2.75, 3.05) is 0 Å². The summed E-state index contributed by atoms with van der Waals surface area (Å²) in [6, 6.07) is 0. The lowest BCUT2D eigenvalue weighted by atomic mass is 10.4. The van der Waals surface area contributed by atoms with Crippen LogP contribution < -0.4 is 0 Å². The standard InChI is InChI=1S/C6H8F3N3/c1-4-10-5(11-12(4)2)3-6(7,8)9/h3H2,1-2H3. The highest BCUT2D eigenvalue weighted by atomic mass is 19.4. The molecule has 0 amide bonds. The highest BCUT2D eigenvalue weighted by Crippen LogP contribution is 2.19. The van der Waals surface area contributed by atoms with Crippen LogP contribution in [0.5, 0.6) is 0 Å². The second-order valence-electron chi connectivity index (χ2n) is 2.49. The Balaban J connectivity index is 2.77. The summed E-state index contributed by atoms with van der Waals surface area (Å²) in [5.74, 6) is 0.303. The third-order valence-electron chi connectivity index (χ3n) is 1.38. The molecule has 0 aliphatic carbocycles. The van der Waals surface area contributed by atoms with Crippen LogP contribution in [0.4, 0.5) is 13.2 Å². The fourth-order valence-corrected chi connectivity index (χ4v) is 0.781. The van der Waals surface area contributed by atoms with Crippen LogP contribution in [0.1, 0.15) is 11.6 Å². The summed E-state index contributed by atoms with van der Waals surface area (Å²) in [5, 5.41) is 3.58. The second kappa shape index (κ2) is 2.76. The molecule has 68 valence electrons. The molecular weight excluding hydrogens is 171 g/mol. The monoisotopic (exact) mass is 179 g/mol. The maximum Gasteiger partial charge on any atom is 0.396 e. The summed E-state index contributed by atoms with van der Waals surface area (Å²) >= 11 is 0. The Hall–Kier alpha value is -1.07. The van der Waals surface area contributed by atoms with Gasteiger partial charge in [-0.3, -0.25) is 4.68 Å². The summed E-state index contributed by atoms with van der Waals surface area (Å²) in [7, 11) is 1.56. The first-order valence-corrected chi connectivity index (χ1v) is 3.32. The third kappa shape index (κ3) is 2.21. The molecule has 0 saturated heterocycles. The van der Waals surface area contributed by atoms with Crippen molar-refractivity contribution in [1.82, 2.24) is 14.8 Å². The number of nitrogens with zero attached hydrogens (tertiary/aromatic N) is 3. The molecule has 0 spiro atoms. The summed E-state index contributed by atoms with van der Waals surface area (Å²) < 4.78 is 36.7. The van der Waals surface area contributed by atoms with Gasteiger partial charge in [0.2, 0.25) is 0 Å². The van der Waals surface area contributed by atoms with Crippen LogP contribution in [-0.4, -0.2) is 20.9 Å². The SMILES string of the molecule is Cc1nc(CC(F)(F)F)nn1C. The molecule has 1 heterocycles.